The normalized spacial score (nSPS) is 54.5. The molecule has 8 saturated carbocycles. The Kier molecular flexibility index (Phi) is 12.3. The summed E-state index contributed by atoms with van der Waals surface area (Å²) in [6.07, 6.45) is 12.6. The Morgan fingerprint density at radius 1 is 0.556 bits per heavy atom. The van der Waals surface area contributed by atoms with Crippen molar-refractivity contribution in [3.05, 3.63) is 0 Å². The minimum atomic E-state index is -0.594. The zero-order valence-electron chi connectivity index (χ0n) is 32.0. The van der Waals surface area contributed by atoms with E-state index in [9.17, 15) is 30.0 Å². The summed E-state index contributed by atoms with van der Waals surface area (Å²) in [6.45, 7) is 12.2. The number of hydrogen-bond acceptors (Lipinski definition) is 9. The van der Waals surface area contributed by atoms with E-state index in [4.69, 9.17) is 14.2 Å². The summed E-state index contributed by atoms with van der Waals surface area (Å²) in [5, 5.41) is 41.1. The molecule has 0 spiro atoms. The molecular formula is C45H78O9. The lowest BCUT2D eigenvalue weighted by Gasteiger charge is -2.61. The minimum Gasteiger partial charge on any atom is -0.459 e. The molecule has 1 aliphatic heterocycles. The standard InChI is InChI=1S/C23H34O5.C19H32O4.3CH4/c1-12(24)26-19-10-17-15-6-5-14-9-18-20(28-18)11-23(14,4)16(15)7-8-22(17,3)21(19)27-13(2)25;1-18-6-5-12-11(13(18)8-15(21)17(18)23)4-3-10-7-14(20)16(22)9-19(10,12)2;;;/h14-21H,5-11H2,1-4H3;10-17,20-23H,3-9H2,1-2H3;3*1H4/t14?,15?,16?,17?,18-,19+,20+,21-,22?,23?;10?,11?,12?,13?,14-,15+,16-,17-,18?,19?;;;/m00.../s1. The Balaban J connectivity index is 0.000000200. The molecular weight excluding hydrogens is 684 g/mol. The summed E-state index contributed by atoms with van der Waals surface area (Å²) in [6, 6.07) is 0. The molecule has 12 unspecified atom stereocenters. The van der Waals surface area contributed by atoms with E-state index < -0.39 is 24.4 Å². The average Bonchev–Trinajstić information content (AvgIpc) is 3.69. The van der Waals surface area contributed by atoms with Gasteiger partial charge in [0.05, 0.1) is 36.6 Å². The van der Waals surface area contributed by atoms with E-state index in [0.717, 1.165) is 57.3 Å². The Morgan fingerprint density at radius 2 is 1.09 bits per heavy atom. The molecule has 312 valence electrons. The summed E-state index contributed by atoms with van der Waals surface area (Å²) in [7, 11) is 0. The minimum absolute atomic E-state index is 0. The van der Waals surface area contributed by atoms with E-state index in [-0.39, 0.29) is 62.7 Å². The van der Waals surface area contributed by atoms with Gasteiger partial charge in [-0.15, -0.1) is 0 Å². The first-order valence-corrected chi connectivity index (χ1v) is 20.7. The zero-order valence-corrected chi connectivity index (χ0v) is 32.0. The van der Waals surface area contributed by atoms with Crippen LogP contribution in [0.3, 0.4) is 0 Å². The average molecular weight is 763 g/mol. The molecule has 9 fully saturated rings. The maximum atomic E-state index is 11.8. The van der Waals surface area contributed by atoms with Gasteiger partial charge in [0.2, 0.25) is 0 Å². The first-order valence-electron chi connectivity index (χ1n) is 20.7. The first kappa shape index (κ1) is 43.9. The lowest BCUT2D eigenvalue weighted by atomic mass is 9.45. The highest BCUT2D eigenvalue weighted by molar-refractivity contribution is 5.67. The summed E-state index contributed by atoms with van der Waals surface area (Å²) in [4.78, 5) is 23.6. The molecule has 0 aromatic carbocycles. The van der Waals surface area contributed by atoms with Crippen LogP contribution >= 0.6 is 0 Å². The van der Waals surface area contributed by atoms with Crippen molar-refractivity contribution in [2.45, 2.75) is 203 Å². The molecule has 1 heterocycles. The predicted molar refractivity (Wildman–Crippen MR) is 209 cm³/mol. The van der Waals surface area contributed by atoms with Crippen LogP contribution in [0, 0.1) is 69.0 Å². The Morgan fingerprint density at radius 3 is 1.69 bits per heavy atom. The van der Waals surface area contributed by atoms with Gasteiger partial charge in [0.15, 0.2) is 0 Å². The Bertz CT molecular complexity index is 1370. The van der Waals surface area contributed by atoms with Crippen LogP contribution < -0.4 is 0 Å². The number of aliphatic hydroxyl groups excluding tert-OH is 4. The molecule has 0 radical (unpaired) electrons. The van der Waals surface area contributed by atoms with Crippen molar-refractivity contribution < 1.29 is 44.2 Å². The number of fused-ring (bicyclic) bond motifs is 11. The van der Waals surface area contributed by atoms with E-state index in [1.54, 1.807) is 0 Å². The van der Waals surface area contributed by atoms with Gasteiger partial charge < -0.3 is 34.6 Å². The number of epoxide rings is 1. The quantitative estimate of drug-likeness (QED) is 0.166. The highest BCUT2D eigenvalue weighted by Gasteiger charge is 2.67. The second-order valence-electron chi connectivity index (χ2n) is 20.3. The first-order chi connectivity index (χ1) is 24.0. The van der Waals surface area contributed by atoms with Gasteiger partial charge in [-0.2, -0.15) is 0 Å². The van der Waals surface area contributed by atoms with Crippen LogP contribution in [0.4, 0.5) is 0 Å². The summed E-state index contributed by atoms with van der Waals surface area (Å²) >= 11 is 0. The molecule has 20 atom stereocenters. The molecule has 0 amide bonds. The van der Waals surface area contributed by atoms with Gasteiger partial charge in [-0.3, -0.25) is 9.59 Å². The van der Waals surface area contributed by atoms with E-state index in [1.807, 2.05) is 0 Å². The fourth-order valence-corrected chi connectivity index (χ4v) is 15.4. The summed E-state index contributed by atoms with van der Waals surface area (Å²) < 4.78 is 17.4. The number of rotatable bonds is 2. The Hall–Kier alpha value is -1.26. The summed E-state index contributed by atoms with van der Waals surface area (Å²) in [5.74, 6) is 4.04. The van der Waals surface area contributed by atoms with E-state index in [0.29, 0.717) is 65.5 Å². The third-order valence-electron chi connectivity index (χ3n) is 18.1. The smallest absolute Gasteiger partial charge is 0.303 e. The molecule has 0 bridgehead atoms. The van der Waals surface area contributed by atoms with Crippen LogP contribution in [0.25, 0.3) is 0 Å². The monoisotopic (exact) mass is 763 g/mol. The van der Waals surface area contributed by atoms with Gasteiger partial charge in [-0.1, -0.05) is 50.0 Å². The van der Waals surface area contributed by atoms with Gasteiger partial charge in [-0.05, 0) is 153 Å². The lowest BCUT2D eigenvalue weighted by Crippen LogP contribution is -2.57. The van der Waals surface area contributed by atoms with Crippen molar-refractivity contribution in [2.75, 3.05) is 0 Å². The number of esters is 2. The highest BCUT2D eigenvalue weighted by atomic mass is 16.6. The predicted octanol–water partition coefficient (Wildman–Crippen LogP) is 7.48. The van der Waals surface area contributed by atoms with E-state index in [2.05, 4.69) is 27.7 Å². The second-order valence-corrected chi connectivity index (χ2v) is 20.3. The van der Waals surface area contributed by atoms with Crippen molar-refractivity contribution in [1.82, 2.24) is 0 Å². The maximum Gasteiger partial charge on any atom is 0.303 e. The molecule has 0 aromatic heterocycles. The van der Waals surface area contributed by atoms with Gasteiger partial charge >= 0.3 is 11.9 Å². The molecule has 9 nitrogen and oxygen atoms in total. The van der Waals surface area contributed by atoms with Gasteiger partial charge in [-0.25, -0.2) is 0 Å². The topological polar surface area (TPSA) is 146 Å². The molecule has 8 aliphatic carbocycles. The van der Waals surface area contributed by atoms with Gasteiger partial charge in [0.1, 0.15) is 12.2 Å². The fourth-order valence-electron chi connectivity index (χ4n) is 15.4. The van der Waals surface area contributed by atoms with Crippen LogP contribution in [0.15, 0.2) is 0 Å². The van der Waals surface area contributed by atoms with Crippen molar-refractivity contribution >= 4 is 11.9 Å². The molecule has 1 saturated heterocycles. The van der Waals surface area contributed by atoms with E-state index in [1.165, 1.54) is 46.0 Å². The molecule has 0 aromatic rings. The van der Waals surface area contributed by atoms with Crippen LogP contribution in [-0.2, 0) is 23.8 Å². The van der Waals surface area contributed by atoms with Crippen LogP contribution in [0.2, 0.25) is 0 Å². The number of carbonyl (C=O) groups excluding carboxylic acids is 2. The largest absolute Gasteiger partial charge is 0.459 e. The lowest BCUT2D eigenvalue weighted by molar-refractivity contribution is -0.174. The third-order valence-corrected chi connectivity index (χ3v) is 18.1. The van der Waals surface area contributed by atoms with Crippen LogP contribution in [-0.4, -0.2) is 81.2 Å². The maximum absolute atomic E-state index is 11.8. The molecule has 4 N–H and O–H groups in total. The SMILES string of the molecule is C.C.C.CC(=O)O[C@@H]1CC2C3CCC4C[C@@H]5O[C@@H]5CC4(C)C3CCC2(C)[C@H]1OC(C)=O.CC12C[C@H](O)[C@@H](O)CC1CCC1C2CCC2(C)C1C[C@@H](O)[C@@H]2O. The van der Waals surface area contributed by atoms with E-state index >= 15 is 0 Å². The van der Waals surface area contributed by atoms with Crippen molar-refractivity contribution in [1.29, 1.82) is 0 Å². The molecule has 54 heavy (non-hydrogen) atoms. The fraction of sp³-hybridized carbons (Fsp3) is 0.956. The van der Waals surface area contributed by atoms with Crippen LogP contribution in [0.1, 0.15) is 154 Å². The van der Waals surface area contributed by atoms with Crippen molar-refractivity contribution in [3.63, 3.8) is 0 Å². The number of aliphatic hydroxyl groups is 4. The highest BCUT2D eigenvalue weighted by Crippen LogP contribution is 2.69. The van der Waals surface area contributed by atoms with Crippen molar-refractivity contribution in [3.8, 4) is 0 Å². The summed E-state index contributed by atoms with van der Waals surface area (Å²) in [5.41, 5.74) is 0.236. The van der Waals surface area contributed by atoms with Gasteiger partial charge in [0.25, 0.3) is 0 Å². The number of ether oxygens (including phenoxy) is 3. The van der Waals surface area contributed by atoms with Crippen LogP contribution in [0.5, 0.6) is 0 Å². The Labute approximate surface area is 327 Å². The third kappa shape index (κ3) is 6.71. The molecule has 9 heteroatoms. The zero-order chi connectivity index (χ0) is 36.4. The molecule has 9 rings (SSSR count). The second kappa shape index (κ2) is 15.2. The molecule has 9 aliphatic rings. The van der Waals surface area contributed by atoms with Gasteiger partial charge in [0, 0.05) is 19.3 Å². The van der Waals surface area contributed by atoms with Crippen molar-refractivity contribution in [2.24, 2.45) is 69.0 Å². The number of hydrogen-bond donors (Lipinski definition) is 4. The number of carbonyl (C=O) groups is 2.